The summed E-state index contributed by atoms with van der Waals surface area (Å²) in [6, 6.07) is 12.6. The van der Waals surface area contributed by atoms with Gasteiger partial charge in [0.15, 0.2) is 11.4 Å². The number of hydrogen-bond donors (Lipinski definition) is 0. The van der Waals surface area contributed by atoms with Gasteiger partial charge in [0.1, 0.15) is 6.61 Å². The van der Waals surface area contributed by atoms with Crippen molar-refractivity contribution in [2.24, 2.45) is 0 Å². The minimum atomic E-state index is -0.520. The molecule has 1 heterocycles. The smallest absolute Gasteiger partial charge is 0.363 e. The summed E-state index contributed by atoms with van der Waals surface area (Å²) < 4.78 is 5.57. The molecule has 0 radical (unpaired) electrons. The summed E-state index contributed by atoms with van der Waals surface area (Å²) in [6.07, 6.45) is 0. The Labute approximate surface area is 104 Å². The highest BCUT2D eigenvalue weighted by Crippen LogP contribution is 2.20. The average molecular weight is 244 g/mol. The van der Waals surface area contributed by atoms with E-state index in [1.807, 2.05) is 30.3 Å². The Bertz CT molecular complexity index is 555. The first-order chi connectivity index (χ1) is 8.66. The molecule has 0 atom stereocenters. The summed E-state index contributed by atoms with van der Waals surface area (Å²) in [7, 11) is 0. The van der Waals surface area contributed by atoms with Crippen LogP contribution in [0.25, 0.3) is 0 Å². The van der Waals surface area contributed by atoms with Crippen molar-refractivity contribution < 1.29 is 9.66 Å². The molecular weight excluding hydrogens is 232 g/mol. The van der Waals surface area contributed by atoms with Crippen LogP contribution in [-0.2, 0) is 6.61 Å². The maximum atomic E-state index is 10.5. The molecule has 0 saturated heterocycles. The minimum Gasteiger partial charge on any atom is -0.485 e. The Hall–Kier alpha value is -2.43. The zero-order valence-electron chi connectivity index (χ0n) is 9.87. The van der Waals surface area contributed by atoms with E-state index in [9.17, 15) is 10.1 Å². The molecule has 0 aliphatic rings. The molecular formula is C13H12N2O3. The van der Waals surface area contributed by atoms with E-state index < -0.39 is 4.92 Å². The second-order valence-electron chi connectivity index (χ2n) is 3.78. The predicted octanol–water partition coefficient (Wildman–Crippen LogP) is 2.88. The van der Waals surface area contributed by atoms with Gasteiger partial charge in [0.2, 0.25) is 0 Å². The summed E-state index contributed by atoms with van der Waals surface area (Å²) in [6.45, 7) is 2.11. The molecule has 0 amide bonds. The first kappa shape index (κ1) is 12.0. The lowest BCUT2D eigenvalue weighted by Gasteiger charge is -2.06. The molecule has 2 aromatic rings. The summed E-state index contributed by atoms with van der Waals surface area (Å²) in [5.74, 6) is 0.393. The van der Waals surface area contributed by atoms with E-state index in [4.69, 9.17) is 4.74 Å². The van der Waals surface area contributed by atoms with E-state index in [0.29, 0.717) is 18.1 Å². The number of benzene rings is 1. The van der Waals surface area contributed by atoms with E-state index in [0.717, 1.165) is 5.56 Å². The van der Waals surface area contributed by atoms with Crippen LogP contribution in [0.4, 0.5) is 5.82 Å². The van der Waals surface area contributed by atoms with Crippen LogP contribution in [0, 0.1) is 17.0 Å². The number of rotatable bonds is 4. The highest BCUT2D eigenvalue weighted by Gasteiger charge is 2.12. The van der Waals surface area contributed by atoms with Gasteiger partial charge in [-0.1, -0.05) is 30.3 Å². The number of nitro groups is 1. The number of hydrogen-bond acceptors (Lipinski definition) is 4. The molecule has 5 nitrogen and oxygen atoms in total. The van der Waals surface area contributed by atoms with Crippen LogP contribution in [0.3, 0.4) is 0 Å². The normalized spacial score (nSPS) is 10.1. The molecule has 1 aromatic carbocycles. The predicted molar refractivity (Wildman–Crippen MR) is 66.4 cm³/mol. The largest absolute Gasteiger partial charge is 0.485 e. The SMILES string of the molecule is Cc1nc([N+](=O)[O-])ccc1OCc1ccccc1. The fraction of sp³-hybridized carbons (Fsp3) is 0.154. The summed E-state index contributed by atoms with van der Waals surface area (Å²) in [5, 5.41) is 10.5. The van der Waals surface area contributed by atoms with Gasteiger partial charge in [-0.15, -0.1) is 0 Å². The highest BCUT2D eigenvalue weighted by molar-refractivity contribution is 5.33. The Kier molecular flexibility index (Phi) is 3.52. The molecule has 0 spiro atoms. The summed E-state index contributed by atoms with van der Waals surface area (Å²) >= 11 is 0. The number of nitrogens with zero attached hydrogens (tertiary/aromatic N) is 2. The van der Waals surface area contributed by atoms with Crippen LogP contribution in [0.1, 0.15) is 11.3 Å². The van der Waals surface area contributed by atoms with Gasteiger partial charge in [-0.05, 0) is 21.5 Å². The van der Waals surface area contributed by atoms with Crippen LogP contribution in [0.5, 0.6) is 5.75 Å². The van der Waals surface area contributed by atoms with Crippen molar-refractivity contribution in [3.63, 3.8) is 0 Å². The Morgan fingerprint density at radius 2 is 1.94 bits per heavy atom. The maximum absolute atomic E-state index is 10.5. The van der Waals surface area contributed by atoms with Crippen LogP contribution in [0.2, 0.25) is 0 Å². The second kappa shape index (κ2) is 5.27. The first-order valence-electron chi connectivity index (χ1n) is 5.45. The van der Waals surface area contributed by atoms with E-state index in [1.54, 1.807) is 13.0 Å². The molecule has 5 heteroatoms. The van der Waals surface area contributed by atoms with Crippen molar-refractivity contribution in [1.29, 1.82) is 0 Å². The molecule has 92 valence electrons. The number of ether oxygens (including phenoxy) is 1. The Balaban J connectivity index is 2.08. The van der Waals surface area contributed by atoms with Gasteiger partial charge >= 0.3 is 5.82 Å². The lowest BCUT2D eigenvalue weighted by Crippen LogP contribution is -2.00. The zero-order valence-corrected chi connectivity index (χ0v) is 9.87. The monoisotopic (exact) mass is 244 g/mol. The van der Waals surface area contributed by atoms with Gasteiger partial charge in [0, 0.05) is 13.0 Å². The number of aromatic nitrogens is 1. The molecule has 0 saturated carbocycles. The minimum absolute atomic E-state index is 0.167. The fourth-order valence-corrected chi connectivity index (χ4v) is 1.52. The third-order valence-electron chi connectivity index (χ3n) is 2.45. The van der Waals surface area contributed by atoms with Gasteiger partial charge in [0.05, 0.1) is 0 Å². The third kappa shape index (κ3) is 2.82. The van der Waals surface area contributed by atoms with Crippen LogP contribution in [-0.4, -0.2) is 9.91 Å². The molecule has 2 rings (SSSR count). The summed E-state index contributed by atoms with van der Waals surface area (Å²) in [4.78, 5) is 13.9. The van der Waals surface area contributed by atoms with Gasteiger partial charge in [0.25, 0.3) is 0 Å². The third-order valence-corrected chi connectivity index (χ3v) is 2.45. The molecule has 18 heavy (non-hydrogen) atoms. The Morgan fingerprint density at radius 1 is 1.22 bits per heavy atom. The molecule has 0 fully saturated rings. The van der Waals surface area contributed by atoms with E-state index in [1.165, 1.54) is 6.07 Å². The second-order valence-corrected chi connectivity index (χ2v) is 3.78. The standard InChI is InChI=1S/C13H12N2O3/c1-10-12(7-8-13(14-10)15(16)17)18-9-11-5-3-2-4-6-11/h2-8H,9H2,1H3. The molecule has 1 aromatic heterocycles. The number of pyridine rings is 1. The van der Waals surface area contributed by atoms with E-state index in [2.05, 4.69) is 4.98 Å². The van der Waals surface area contributed by atoms with Gasteiger partial charge in [-0.2, -0.15) is 0 Å². The lowest BCUT2D eigenvalue weighted by molar-refractivity contribution is -0.389. The van der Waals surface area contributed by atoms with Crippen molar-refractivity contribution in [3.8, 4) is 5.75 Å². The van der Waals surface area contributed by atoms with Crippen molar-refractivity contribution in [1.82, 2.24) is 4.98 Å². The van der Waals surface area contributed by atoms with Crippen molar-refractivity contribution in [2.45, 2.75) is 13.5 Å². The van der Waals surface area contributed by atoms with Crippen LogP contribution in [0.15, 0.2) is 42.5 Å². The van der Waals surface area contributed by atoms with Crippen molar-refractivity contribution in [2.75, 3.05) is 0 Å². The maximum Gasteiger partial charge on any atom is 0.363 e. The molecule has 0 unspecified atom stereocenters. The van der Waals surface area contributed by atoms with E-state index in [-0.39, 0.29) is 5.82 Å². The number of aryl methyl sites for hydroxylation is 1. The zero-order chi connectivity index (χ0) is 13.0. The van der Waals surface area contributed by atoms with Gasteiger partial charge < -0.3 is 14.9 Å². The van der Waals surface area contributed by atoms with E-state index >= 15 is 0 Å². The van der Waals surface area contributed by atoms with Crippen molar-refractivity contribution in [3.05, 3.63) is 63.8 Å². The molecule has 0 aliphatic carbocycles. The highest BCUT2D eigenvalue weighted by atomic mass is 16.6. The lowest BCUT2D eigenvalue weighted by atomic mass is 10.2. The topological polar surface area (TPSA) is 65.3 Å². The first-order valence-corrected chi connectivity index (χ1v) is 5.45. The fourth-order valence-electron chi connectivity index (χ4n) is 1.52. The van der Waals surface area contributed by atoms with Crippen LogP contribution < -0.4 is 4.74 Å². The quantitative estimate of drug-likeness (QED) is 0.612. The van der Waals surface area contributed by atoms with Crippen LogP contribution >= 0.6 is 0 Å². The van der Waals surface area contributed by atoms with Gasteiger partial charge in [-0.25, -0.2) is 0 Å². The molecule has 0 N–H and O–H groups in total. The van der Waals surface area contributed by atoms with Gasteiger partial charge in [-0.3, -0.25) is 0 Å². The summed E-state index contributed by atoms with van der Waals surface area (Å²) in [5.41, 5.74) is 1.55. The molecule has 0 aliphatic heterocycles. The average Bonchev–Trinajstić information content (AvgIpc) is 2.38. The van der Waals surface area contributed by atoms with Crippen molar-refractivity contribution >= 4 is 5.82 Å². The Morgan fingerprint density at radius 3 is 2.56 bits per heavy atom. The molecule has 0 bridgehead atoms.